The third kappa shape index (κ3) is 5.26. The van der Waals surface area contributed by atoms with Crippen molar-refractivity contribution in [2.45, 2.75) is 6.61 Å². The SMILES string of the molecule is NC(=O)c1ccccc1NC(=O)COC(=O)c1ccc(OC(F)F)cc1. The molecule has 0 unspecified atom stereocenters. The van der Waals surface area contributed by atoms with Gasteiger partial charge in [-0.05, 0) is 36.4 Å². The largest absolute Gasteiger partial charge is 0.452 e. The van der Waals surface area contributed by atoms with Crippen LogP contribution >= 0.6 is 0 Å². The van der Waals surface area contributed by atoms with Crippen LogP contribution in [0.5, 0.6) is 5.75 Å². The molecule has 2 aromatic carbocycles. The first-order chi connectivity index (χ1) is 12.4. The topological polar surface area (TPSA) is 108 Å². The number of rotatable bonds is 7. The Balaban J connectivity index is 1.91. The van der Waals surface area contributed by atoms with Crippen molar-refractivity contribution in [1.29, 1.82) is 0 Å². The molecule has 0 aliphatic rings. The van der Waals surface area contributed by atoms with Gasteiger partial charge in [0, 0.05) is 0 Å². The third-order valence-corrected chi connectivity index (χ3v) is 3.12. The lowest BCUT2D eigenvalue weighted by Crippen LogP contribution is -2.23. The Labute approximate surface area is 146 Å². The summed E-state index contributed by atoms with van der Waals surface area (Å²) in [7, 11) is 0. The van der Waals surface area contributed by atoms with Crippen molar-refractivity contribution in [2.75, 3.05) is 11.9 Å². The lowest BCUT2D eigenvalue weighted by atomic mass is 10.1. The van der Waals surface area contributed by atoms with Crippen molar-refractivity contribution in [1.82, 2.24) is 0 Å². The molecule has 2 aromatic rings. The van der Waals surface area contributed by atoms with Crippen LogP contribution in [0.25, 0.3) is 0 Å². The predicted molar refractivity (Wildman–Crippen MR) is 86.9 cm³/mol. The zero-order valence-corrected chi connectivity index (χ0v) is 13.3. The first-order valence-corrected chi connectivity index (χ1v) is 7.27. The molecule has 0 saturated heterocycles. The van der Waals surface area contributed by atoms with Crippen LogP contribution in [0.3, 0.4) is 0 Å². The molecule has 0 aliphatic heterocycles. The van der Waals surface area contributed by atoms with E-state index in [1.54, 1.807) is 12.1 Å². The maximum atomic E-state index is 12.1. The van der Waals surface area contributed by atoms with Gasteiger partial charge in [0.15, 0.2) is 6.61 Å². The molecule has 0 aliphatic carbocycles. The quantitative estimate of drug-likeness (QED) is 0.732. The number of amides is 2. The molecule has 0 fully saturated rings. The van der Waals surface area contributed by atoms with Gasteiger partial charge in [-0.1, -0.05) is 12.1 Å². The summed E-state index contributed by atoms with van der Waals surface area (Å²) in [5.74, 6) is -2.34. The van der Waals surface area contributed by atoms with Crippen LogP contribution in [0.1, 0.15) is 20.7 Å². The van der Waals surface area contributed by atoms with Gasteiger partial charge in [0.05, 0.1) is 16.8 Å². The monoisotopic (exact) mass is 364 g/mol. The smallest absolute Gasteiger partial charge is 0.387 e. The minimum Gasteiger partial charge on any atom is -0.452 e. The van der Waals surface area contributed by atoms with E-state index in [2.05, 4.69) is 10.1 Å². The number of anilines is 1. The first kappa shape index (κ1) is 18.8. The fourth-order valence-corrected chi connectivity index (χ4v) is 1.98. The van der Waals surface area contributed by atoms with Crippen LogP contribution in [-0.4, -0.2) is 31.0 Å². The molecule has 0 atom stereocenters. The highest BCUT2D eigenvalue weighted by Crippen LogP contribution is 2.16. The molecule has 26 heavy (non-hydrogen) atoms. The van der Waals surface area contributed by atoms with Crippen molar-refractivity contribution in [3.05, 3.63) is 59.7 Å². The molecule has 136 valence electrons. The summed E-state index contributed by atoms with van der Waals surface area (Å²) in [5, 5.41) is 2.41. The fourth-order valence-electron chi connectivity index (χ4n) is 1.98. The fraction of sp³-hybridized carbons (Fsp3) is 0.118. The number of hydrogen-bond acceptors (Lipinski definition) is 5. The standard InChI is InChI=1S/C17H14F2N2O5/c18-17(19)26-11-7-5-10(6-8-11)16(24)25-9-14(22)21-13-4-2-1-3-12(13)15(20)23/h1-8,17H,9H2,(H2,20,23)(H,21,22). The number of nitrogens with two attached hydrogens (primary N) is 1. The summed E-state index contributed by atoms with van der Waals surface area (Å²) < 4.78 is 33.1. The number of halogens is 2. The Morgan fingerprint density at radius 3 is 2.31 bits per heavy atom. The number of benzene rings is 2. The average molecular weight is 364 g/mol. The molecule has 7 nitrogen and oxygen atoms in total. The number of primary amides is 1. The summed E-state index contributed by atoms with van der Waals surface area (Å²) in [6.07, 6.45) is 0. The van der Waals surface area contributed by atoms with Crippen molar-refractivity contribution >= 4 is 23.5 Å². The molecular formula is C17H14F2N2O5. The van der Waals surface area contributed by atoms with Gasteiger partial charge in [0.25, 0.3) is 11.8 Å². The zero-order chi connectivity index (χ0) is 19.1. The van der Waals surface area contributed by atoms with Crippen LogP contribution in [0.4, 0.5) is 14.5 Å². The van der Waals surface area contributed by atoms with Gasteiger partial charge < -0.3 is 20.5 Å². The lowest BCUT2D eigenvalue weighted by Gasteiger charge is -2.09. The van der Waals surface area contributed by atoms with Crippen LogP contribution in [0.2, 0.25) is 0 Å². The Bertz CT molecular complexity index is 809. The minimum absolute atomic E-state index is 0.0527. The van der Waals surface area contributed by atoms with Crippen molar-refractivity contribution < 1.29 is 32.6 Å². The normalized spacial score (nSPS) is 10.3. The molecule has 2 rings (SSSR count). The van der Waals surface area contributed by atoms with Gasteiger partial charge >= 0.3 is 12.6 Å². The summed E-state index contributed by atoms with van der Waals surface area (Å²) in [6.45, 7) is -3.58. The van der Waals surface area contributed by atoms with Crippen LogP contribution < -0.4 is 15.8 Å². The van der Waals surface area contributed by atoms with Gasteiger partial charge in [-0.25, -0.2) is 4.79 Å². The maximum Gasteiger partial charge on any atom is 0.387 e. The first-order valence-electron chi connectivity index (χ1n) is 7.27. The van der Waals surface area contributed by atoms with E-state index in [1.165, 1.54) is 36.4 Å². The number of carbonyl (C=O) groups excluding carboxylic acids is 3. The second-order valence-electron chi connectivity index (χ2n) is 4.94. The predicted octanol–water partition coefficient (Wildman–Crippen LogP) is 2.18. The van der Waals surface area contributed by atoms with E-state index in [0.717, 1.165) is 0 Å². The molecule has 0 aromatic heterocycles. The number of ether oxygens (including phenoxy) is 2. The highest BCUT2D eigenvalue weighted by Gasteiger charge is 2.14. The number of nitrogens with one attached hydrogen (secondary N) is 1. The minimum atomic E-state index is -2.97. The highest BCUT2D eigenvalue weighted by atomic mass is 19.3. The lowest BCUT2D eigenvalue weighted by molar-refractivity contribution is -0.119. The number of alkyl halides is 2. The highest BCUT2D eigenvalue weighted by molar-refractivity contribution is 6.03. The molecule has 0 bridgehead atoms. The summed E-state index contributed by atoms with van der Waals surface area (Å²) in [4.78, 5) is 35.0. The average Bonchev–Trinajstić information content (AvgIpc) is 2.60. The Kier molecular flexibility index (Phi) is 6.20. The summed E-state index contributed by atoms with van der Waals surface area (Å²) in [5.41, 5.74) is 5.55. The zero-order valence-electron chi connectivity index (χ0n) is 13.3. The number of para-hydroxylation sites is 1. The van der Waals surface area contributed by atoms with Gasteiger partial charge in [-0.15, -0.1) is 0 Å². The van der Waals surface area contributed by atoms with E-state index in [1.807, 2.05) is 0 Å². The molecule has 0 heterocycles. The third-order valence-electron chi connectivity index (χ3n) is 3.12. The maximum absolute atomic E-state index is 12.1. The van der Waals surface area contributed by atoms with E-state index in [0.29, 0.717) is 0 Å². The van der Waals surface area contributed by atoms with Crippen LogP contribution in [0.15, 0.2) is 48.5 Å². The second kappa shape index (κ2) is 8.56. The Hall–Kier alpha value is -3.49. The Morgan fingerprint density at radius 1 is 1.04 bits per heavy atom. The van der Waals surface area contributed by atoms with Crippen molar-refractivity contribution in [2.24, 2.45) is 5.73 Å². The summed E-state index contributed by atoms with van der Waals surface area (Å²) in [6, 6.07) is 10.9. The molecule has 3 N–H and O–H groups in total. The van der Waals surface area contributed by atoms with Gasteiger partial charge in [0.1, 0.15) is 5.75 Å². The van der Waals surface area contributed by atoms with Gasteiger partial charge in [-0.2, -0.15) is 8.78 Å². The molecule has 0 spiro atoms. The molecular weight excluding hydrogens is 350 g/mol. The molecule has 0 saturated carbocycles. The van der Waals surface area contributed by atoms with Gasteiger partial charge in [-0.3, -0.25) is 9.59 Å². The van der Waals surface area contributed by atoms with Gasteiger partial charge in [0.2, 0.25) is 0 Å². The van der Waals surface area contributed by atoms with E-state index in [-0.39, 0.29) is 22.6 Å². The van der Waals surface area contributed by atoms with E-state index in [9.17, 15) is 23.2 Å². The van der Waals surface area contributed by atoms with E-state index >= 15 is 0 Å². The number of carbonyl (C=O) groups is 3. The molecule has 0 radical (unpaired) electrons. The van der Waals surface area contributed by atoms with E-state index in [4.69, 9.17) is 10.5 Å². The second-order valence-corrected chi connectivity index (χ2v) is 4.94. The number of esters is 1. The van der Waals surface area contributed by atoms with Crippen LogP contribution in [-0.2, 0) is 9.53 Å². The van der Waals surface area contributed by atoms with Crippen molar-refractivity contribution in [3.63, 3.8) is 0 Å². The summed E-state index contributed by atoms with van der Waals surface area (Å²) >= 11 is 0. The van der Waals surface area contributed by atoms with Crippen LogP contribution in [0, 0.1) is 0 Å². The number of hydrogen-bond donors (Lipinski definition) is 2. The van der Waals surface area contributed by atoms with E-state index < -0.39 is 31.0 Å². The Morgan fingerprint density at radius 2 is 1.69 bits per heavy atom. The van der Waals surface area contributed by atoms with Crippen molar-refractivity contribution in [3.8, 4) is 5.75 Å². The molecule has 2 amide bonds. The molecule has 9 heteroatoms.